The quantitative estimate of drug-likeness (QED) is 0.736. The van der Waals surface area contributed by atoms with E-state index < -0.39 is 0 Å². The summed E-state index contributed by atoms with van der Waals surface area (Å²) < 4.78 is 7.01. The Morgan fingerprint density at radius 3 is 2.72 bits per heavy atom. The van der Waals surface area contributed by atoms with Crippen molar-refractivity contribution in [1.29, 1.82) is 0 Å². The van der Waals surface area contributed by atoms with Crippen LogP contribution in [0.3, 0.4) is 0 Å². The molecule has 1 fully saturated rings. The van der Waals surface area contributed by atoms with E-state index in [0.29, 0.717) is 17.0 Å². The Labute approximate surface area is 143 Å². The molecule has 0 radical (unpaired) electrons. The summed E-state index contributed by atoms with van der Waals surface area (Å²) in [5, 5.41) is 4.60. The third-order valence-electron chi connectivity index (χ3n) is 4.44. The number of nitrogens with one attached hydrogen (secondary N) is 1. The number of rotatable bonds is 3. The Bertz CT molecular complexity index is 957. The maximum atomic E-state index is 12.2. The molecule has 0 aliphatic carbocycles. The van der Waals surface area contributed by atoms with Gasteiger partial charge >= 0.3 is 0 Å². The van der Waals surface area contributed by atoms with Gasteiger partial charge < -0.3 is 14.5 Å². The molecule has 1 N–H and O–H groups in total. The number of aromatic nitrogens is 5. The summed E-state index contributed by atoms with van der Waals surface area (Å²) in [7, 11) is 3.43. The Hall–Kier alpha value is -3.10. The number of fused-ring (bicyclic) bond motifs is 1. The van der Waals surface area contributed by atoms with Crippen molar-refractivity contribution < 1.29 is 4.74 Å². The maximum absolute atomic E-state index is 12.2. The summed E-state index contributed by atoms with van der Waals surface area (Å²) >= 11 is 0. The van der Waals surface area contributed by atoms with Gasteiger partial charge in [-0.3, -0.25) is 14.5 Å². The zero-order chi connectivity index (χ0) is 17.4. The van der Waals surface area contributed by atoms with Crippen molar-refractivity contribution in [3.05, 3.63) is 34.9 Å². The number of pyridine rings is 1. The van der Waals surface area contributed by atoms with Crippen LogP contribution in [0.2, 0.25) is 0 Å². The summed E-state index contributed by atoms with van der Waals surface area (Å²) in [6, 6.07) is 3.76. The molecule has 1 saturated heterocycles. The highest BCUT2D eigenvalue weighted by Gasteiger charge is 2.22. The molecule has 0 unspecified atom stereocenters. The van der Waals surface area contributed by atoms with Gasteiger partial charge in [0.25, 0.3) is 5.56 Å². The lowest BCUT2D eigenvalue weighted by Gasteiger charge is -2.36. The minimum Gasteiger partial charge on any atom is -0.493 e. The number of methoxy groups -OCH3 is 1. The number of aromatic amines is 1. The first kappa shape index (κ1) is 15.4. The number of hydrogen-bond acceptors (Lipinski definition) is 7. The summed E-state index contributed by atoms with van der Waals surface area (Å²) in [5.74, 6) is 2.18. The van der Waals surface area contributed by atoms with Crippen molar-refractivity contribution in [2.24, 2.45) is 7.05 Å². The fourth-order valence-electron chi connectivity index (χ4n) is 3.08. The van der Waals surface area contributed by atoms with Crippen molar-refractivity contribution in [3.63, 3.8) is 0 Å². The molecule has 1 aliphatic heterocycles. The number of aryl methyl sites for hydroxylation is 1. The highest BCUT2D eigenvalue weighted by atomic mass is 16.5. The van der Waals surface area contributed by atoms with E-state index in [2.05, 4.69) is 29.9 Å². The first-order valence-electron chi connectivity index (χ1n) is 8.08. The normalized spacial score (nSPS) is 15.0. The SMILES string of the molecule is COc1cccnc1N1CCN(c2nc3c(cnn3C)c(=O)[nH]2)CC1. The van der Waals surface area contributed by atoms with Crippen LogP contribution in [0.1, 0.15) is 0 Å². The molecule has 9 heteroatoms. The van der Waals surface area contributed by atoms with Crippen LogP contribution in [0.5, 0.6) is 5.75 Å². The van der Waals surface area contributed by atoms with E-state index in [-0.39, 0.29) is 5.56 Å². The third-order valence-corrected chi connectivity index (χ3v) is 4.44. The summed E-state index contributed by atoms with van der Waals surface area (Å²) in [6.45, 7) is 2.99. The van der Waals surface area contributed by atoms with Gasteiger partial charge in [0.1, 0.15) is 5.39 Å². The number of piperazine rings is 1. The van der Waals surface area contributed by atoms with Crippen molar-refractivity contribution in [1.82, 2.24) is 24.7 Å². The lowest BCUT2D eigenvalue weighted by atomic mass is 10.3. The number of hydrogen-bond donors (Lipinski definition) is 1. The summed E-state index contributed by atoms with van der Waals surface area (Å²) in [5.41, 5.74) is 0.425. The second-order valence-electron chi connectivity index (χ2n) is 5.90. The molecule has 1 aliphatic rings. The van der Waals surface area contributed by atoms with Gasteiger partial charge in [-0.15, -0.1) is 0 Å². The van der Waals surface area contributed by atoms with E-state index in [9.17, 15) is 4.79 Å². The number of ether oxygens (including phenoxy) is 1. The van der Waals surface area contributed by atoms with Gasteiger partial charge in [0.05, 0.1) is 13.3 Å². The predicted molar refractivity (Wildman–Crippen MR) is 94.3 cm³/mol. The zero-order valence-electron chi connectivity index (χ0n) is 14.1. The van der Waals surface area contributed by atoms with Crippen LogP contribution >= 0.6 is 0 Å². The maximum Gasteiger partial charge on any atom is 0.263 e. The highest BCUT2D eigenvalue weighted by molar-refractivity contribution is 5.74. The van der Waals surface area contributed by atoms with Crippen LogP contribution in [0, 0.1) is 0 Å². The molecular weight excluding hydrogens is 322 g/mol. The molecule has 0 atom stereocenters. The van der Waals surface area contributed by atoms with Crippen LogP contribution in [0.15, 0.2) is 29.3 Å². The molecule has 0 saturated carbocycles. The van der Waals surface area contributed by atoms with E-state index in [4.69, 9.17) is 4.74 Å². The highest BCUT2D eigenvalue weighted by Crippen LogP contribution is 2.26. The molecule has 25 heavy (non-hydrogen) atoms. The molecule has 3 aromatic heterocycles. The van der Waals surface area contributed by atoms with Crippen LogP contribution in [0.4, 0.5) is 11.8 Å². The number of nitrogens with zero attached hydrogens (tertiary/aromatic N) is 6. The first-order valence-corrected chi connectivity index (χ1v) is 8.08. The molecule has 3 aromatic rings. The molecule has 0 spiro atoms. The van der Waals surface area contributed by atoms with Crippen molar-refractivity contribution in [3.8, 4) is 5.75 Å². The van der Waals surface area contributed by atoms with E-state index in [1.165, 1.54) is 6.20 Å². The second kappa shape index (κ2) is 6.08. The first-order chi connectivity index (χ1) is 12.2. The number of anilines is 2. The third kappa shape index (κ3) is 2.67. The van der Waals surface area contributed by atoms with Crippen LogP contribution in [0.25, 0.3) is 11.0 Å². The van der Waals surface area contributed by atoms with Gasteiger partial charge in [-0.25, -0.2) is 4.98 Å². The molecule has 4 rings (SSSR count). The van der Waals surface area contributed by atoms with Crippen LogP contribution in [-0.4, -0.2) is 58.0 Å². The smallest absolute Gasteiger partial charge is 0.263 e. The molecule has 0 amide bonds. The molecule has 4 heterocycles. The Morgan fingerprint density at radius 1 is 1.20 bits per heavy atom. The standard InChI is InChI=1S/C16H19N7O2/c1-21-13-11(10-18-21)15(24)20-16(19-13)23-8-6-22(7-9-23)14-12(25-2)4-3-5-17-14/h3-5,10H,6-9H2,1-2H3,(H,19,20,24). The summed E-state index contributed by atoms with van der Waals surface area (Å²) in [6.07, 6.45) is 3.30. The van der Waals surface area contributed by atoms with Gasteiger partial charge in [0, 0.05) is 39.4 Å². The van der Waals surface area contributed by atoms with Gasteiger partial charge in [0.15, 0.2) is 17.2 Å². The van der Waals surface area contributed by atoms with Gasteiger partial charge in [-0.1, -0.05) is 0 Å². The lowest BCUT2D eigenvalue weighted by Crippen LogP contribution is -2.47. The average molecular weight is 341 g/mol. The minimum absolute atomic E-state index is 0.165. The Kier molecular flexibility index (Phi) is 3.75. The van der Waals surface area contributed by atoms with Crippen molar-refractivity contribution in [2.45, 2.75) is 0 Å². The molecule has 0 bridgehead atoms. The zero-order valence-corrected chi connectivity index (χ0v) is 14.1. The largest absolute Gasteiger partial charge is 0.493 e. The van der Waals surface area contributed by atoms with E-state index in [1.807, 2.05) is 12.1 Å². The second-order valence-corrected chi connectivity index (χ2v) is 5.90. The van der Waals surface area contributed by atoms with Gasteiger partial charge in [0.2, 0.25) is 5.95 Å². The van der Waals surface area contributed by atoms with Crippen LogP contribution in [-0.2, 0) is 7.05 Å². The molecule has 0 aromatic carbocycles. The predicted octanol–water partition coefficient (Wildman–Crippen LogP) is 0.387. The van der Waals surface area contributed by atoms with E-state index in [1.54, 1.807) is 25.0 Å². The fraction of sp³-hybridized carbons (Fsp3) is 0.375. The average Bonchev–Trinajstić information content (AvgIpc) is 3.03. The van der Waals surface area contributed by atoms with Crippen LogP contribution < -0.4 is 20.1 Å². The van der Waals surface area contributed by atoms with Crippen molar-refractivity contribution in [2.75, 3.05) is 43.1 Å². The lowest BCUT2D eigenvalue weighted by molar-refractivity contribution is 0.411. The topological polar surface area (TPSA) is 92.2 Å². The van der Waals surface area contributed by atoms with E-state index >= 15 is 0 Å². The Morgan fingerprint density at radius 2 is 1.96 bits per heavy atom. The minimum atomic E-state index is -0.165. The molecular formula is C16H19N7O2. The van der Waals surface area contributed by atoms with Gasteiger partial charge in [-0.2, -0.15) is 10.1 Å². The molecule has 130 valence electrons. The van der Waals surface area contributed by atoms with E-state index in [0.717, 1.165) is 37.7 Å². The summed E-state index contributed by atoms with van der Waals surface area (Å²) in [4.78, 5) is 28.3. The monoisotopic (exact) mass is 341 g/mol. The number of H-pyrrole nitrogens is 1. The van der Waals surface area contributed by atoms with Crippen molar-refractivity contribution >= 4 is 22.8 Å². The van der Waals surface area contributed by atoms with Gasteiger partial charge in [-0.05, 0) is 12.1 Å². The Balaban J connectivity index is 1.56. The fourth-order valence-corrected chi connectivity index (χ4v) is 3.08. The molecule has 9 nitrogen and oxygen atoms in total.